The Morgan fingerprint density at radius 2 is 2.00 bits per heavy atom. The van der Waals surface area contributed by atoms with E-state index in [2.05, 4.69) is 11.4 Å². The van der Waals surface area contributed by atoms with Crippen LogP contribution in [-0.4, -0.2) is 47.8 Å². The van der Waals surface area contributed by atoms with Crippen LogP contribution >= 0.6 is 0 Å². The zero-order valence-electron chi connectivity index (χ0n) is 16.6. The molecule has 0 aromatic heterocycles. The van der Waals surface area contributed by atoms with Crippen LogP contribution in [0.3, 0.4) is 0 Å². The molecule has 1 aliphatic carbocycles. The van der Waals surface area contributed by atoms with Gasteiger partial charge in [-0.1, -0.05) is 29.8 Å². The van der Waals surface area contributed by atoms with Gasteiger partial charge in [0.15, 0.2) is 6.10 Å². The topological polar surface area (TPSA) is 92.8 Å². The molecule has 1 heterocycles. The highest BCUT2D eigenvalue weighted by molar-refractivity contribution is 6.11. The van der Waals surface area contributed by atoms with Crippen molar-refractivity contribution in [2.24, 2.45) is 0 Å². The van der Waals surface area contributed by atoms with E-state index in [4.69, 9.17) is 4.74 Å². The van der Waals surface area contributed by atoms with Gasteiger partial charge in [0, 0.05) is 12.1 Å². The van der Waals surface area contributed by atoms with Gasteiger partial charge in [0.05, 0.1) is 6.42 Å². The molecule has 7 nitrogen and oxygen atoms in total. The number of ether oxygens (including phenoxy) is 1. The van der Waals surface area contributed by atoms with Crippen molar-refractivity contribution in [3.05, 3.63) is 47.0 Å². The fraction of sp³-hybridized carbons (Fsp3) is 0.455. The van der Waals surface area contributed by atoms with Crippen molar-refractivity contribution in [2.75, 3.05) is 13.1 Å². The summed E-state index contributed by atoms with van der Waals surface area (Å²) in [7, 11) is 0. The first kappa shape index (κ1) is 20.8. The van der Waals surface area contributed by atoms with E-state index in [0.29, 0.717) is 17.7 Å². The molecule has 0 bridgehead atoms. The lowest BCUT2D eigenvalue weighted by Gasteiger charge is -2.26. The van der Waals surface area contributed by atoms with Crippen molar-refractivity contribution >= 4 is 23.7 Å². The summed E-state index contributed by atoms with van der Waals surface area (Å²) >= 11 is 0. The number of allylic oxidation sites excluding steroid dienone is 1. The van der Waals surface area contributed by atoms with Crippen molar-refractivity contribution in [1.82, 2.24) is 10.2 Å². The van der Waals surface area contributed by atoms with Crippen LogP contribution in [-0.2, 0) is 25.5 Å². The molecule has 3 rings (SSSR count). The molecule has 0 fully saturated rings. The number of hydrogen-bond donors (Lipinski definition) is 1. The second kappa shape index (κ2) is 9.49. The number of esters is 1. The summed E-state index contributed by atoms with van der Waals surface area (Å²) in [5.41, 5.74) is 2.40. The Bertz CT molecular complexity index is 845. The van der Waals surface area contributed by atoms with Gasteiger partial charge < -0.3 is 10.1 Å². The minimum atomic E-state index is -0.995. The number of nitrogens with zero attached hydrogens (tertiary/aromatic N) is 1. The summed E-state index contributed by atoms with van der Waals surface area (Å²) < 4.78 is 5.13. The van der Waals surface area contributed by atoms with Gasteiger partial charge in [0.25, 0.3) is 11.8 Å². The number of rotatable bonds is 7. The molecule has 0 saturated carbocycles. The summed E-state index contributed by atoms with van der Waals surface area (Å²) in [5.74, 6) is -2.16. The van der Waals surface area contributed by atoms with Crippen molar-refractivity contribution in [3.63, 3.8) is 0 Å². The second-order valence-electron chi connectivity index (χ2n) is 7.40. The highest BCUT2D eigenvalue weighted by Gasteiger charge is 2.33. The number of imide groups is 1. The van der Waals surface area contributed by atoms with Crippen molar-refractivity contribution in [3.8, 4) is 0 Å². The highest BCUT2D eigenvalue weighted by atomic mass is 16.5. The van der Waals surface area contributed by atoms with E-state index in [1.807, 2.05) is 0 Å². The van der Waals surface area contributed by atoms with Crippen LogP contribution in [0.15, 0.2) is 35.9 Å². The first-order valence-electron chi connectivity index (χ1n) is 10.0. The van der Waals surface area contributed by atoms with E-state index < -0.39 is 36.3 Å². The fourth-order valence-electron chi connectivity index (χ4n) is 3.60. The molecule has 0 saturated heterocycles. The lowest BCUT2D eigenvalue weighted by molar-refractivity contribution is -0.156. The van der Waals surface area contributed by atoms with E-state index in [1.165, 1.54) is 25.3 Å². The van der Waals surface area contributed by atoms with Gasteiger partial charge in [0.2, 0.25) is 5.91 Å². The number of nitrogens with one attached hydrogen (secondary N) is 1. The van der Waals surface area contributed by atoms with Crippen molar-refractivity contribution < 1.29 is 23.9 Å². The Morgan fingerprint density at radius 1 is 1.21 bits per heavy atom. The van der Waals surface area contributed by atoms with Crippen LogP contribution in [0.5, 0.6) is 0 Å². The lowest BCUT2D eigenvalue weighted by atomic mass is 9.97. The quantitative estimate of drug-likeness (QED) is 0.432. The van der Waals surface area contributed by atoms with Crippen LogP contribution in [0.25, 0.3) is 0 Å². The maximum Gasteiger partial charge on any atom is 0.326 e. The van der Waals surface area contributed by atoms with E-state index in [0.717, 1.165) is 24.2 Å². The average Bonchev–Trinajstić information content (AvgIpc) is 2.71. The molecular formula is C22H26N2O5. The van der Waals surface area contributed by atoms with Crippen molar-refractivity contribution in [1.29, 1.82) is 0 Å². The molecule has 29 heavy (non-hydrogen) atoms. The molecule has 1 N–H and O–H groups in total. The Labute approximate surface area is 170 Å². The highest BCUT2D eigenvalue weighted by Crippen LogP contribution is 2.20. The molecule has 7 heteroatoms. The van der Waals surface area contributed by atoms with Gasteiger partial charge in [-0.2, -0.15) is 0 Å². The Morgan fingerprint density at radius 3 is 2.76 bits per heavy atom. The van der Waals surface area contributed by atoms with E-state index in [-0.39, 0.29) is 6.42 Å². The van der Waals surface area contributed by atoms with Crippen LogP contribution < -0.4 is 5.32 Å². The first-order chi connectivity index (χ1) is 14.0. The molecule has 0 unspecified atom stereocenters. The molecule has 1 aliphatic heterocycles. The van der Waals surface area contributed by atoms with Crippen LogP contribution in [0.2, 0.25) is 0 Å². The van der Waals surface area contributed by atoms with Gasteiger partial charge in [-0.25, -0.2) is 0 Å². The predicted octanol–water partition coefficient (Wildman–Crippen LogP) is 2.15. The normalized spacial score (nSPS) is 17.3. The summed E-state index contributed by atoms with van der Waals surface area (Å²) in [6, 6.07) is 6.81. The third-order valence-corrected chi connectivity index (χ3v) is 5.23. The lowest BCUT2D eigenvalue weighted by Crippen LogP contribution is -2.46. The third kappa shape index (κ3) is 5.31. The monoisotopic (exact) mass is 398 g/mol. The summed E-state index contributed by atoms with van der Waals surface area (Å²) in [6.07, 6.45) is 6.65. The Kier molecular flexibility index (Phi) is 6.80. The molecule has 2 aliphatic rings. The summed E-state index contributed by atoms with van der Waals surface area (Å²) in [5, 5.41) is 2.76. The number of carbonyl (C=O) groups excluding carboxylic acids is 4. The van der Waals surface area contributed by atoms with Crippen molar-refractivity contribution in [2.45, 2.75) is 51.6 Å². The SMILES string of the molecule is C[C@@H](OC(=O)CN1C(=O)Cc2ccccc2C1=O)C(=O)NCCC1=CCCCC1. The van der Waals surface area contributed by atoms with Gasteiger partial charge in [-0.15, -0.1) is 0 Å². The second-order valence-corrected chi connectivity index (χ2v) is 7.40. The van der Waals surface area contributed by atoms with Crippen LogP contribution in [0.1, 0.15) is 54.9 Å². The molecule has 154 valence electrons. The van der Waals surface area contributed by atoms with Gasteiger partial charge >= 0.3 is 5.97 Å². The Balaban J connectivity index is 1.47. The summed E-state index contributed by atoms with van der Waals surface area (Å²) in [6.45, 7) is 1.46. The van der Waals surface area contributed by atoms with E-state index in [1.54, 1.807) is 24.3 Å². The van der Waals surface area contributed by atoms with Gasteiger partial charge in [0.1, 0.15) is 6.54 Å². The van der Waals surface area contributed by atoms with E-state index in [9.17, 15) is 19.2 Å². The van der Waals surface area contributed by atoms with Gasteiger partial charge in [-0.3, -0.25) is 24.1 Å². The number of benzene rings is 1. The average molecular weight is 398 g/mol. The molecule has 1 atom stereocenters. The van der Waals surface area contributed by atoms with Gasteiger partial charge in [-0.05, 0) is 50.7 Å². The zero-order chi connectivity index (χ0) is 20.8. The fourth-order valence-corrected chi connectivity index (χ4v) is 3.60. The van der Waals surface area contributed by atoms with Crippen LogP contribution in [0.4, 0.5) is 0 Å². The molecule has 0 radical (unpaired) electrons. The standard InChI is InChI=1S/C22H26N2O5/c1-15(21(27)23-12-11-16-7-3-2-4-8-16)29-20(26)14-24-19(25)13-17-9-5-6-10-18(17)22(24)28/h5-7,9-10,15H,2-4,8,11-14H2,1H3,(H,23,27)/t15-/m1/s1. The molecule has 1 aromatic carbocycles. The maximum absolute atomic E-state index is 12.5. The number of amides is 3. The third-order valence-electron chi connectivity index (χ3n) is 5.23. The molecule has 3 amide bonds. The Hall–Kier alpha value is -2.96. The molecule has 0 spiro atoms. The zero-order valence-corrected chi connectivity index (χ0v) is 16.6. The first-order valence-corrected chi connectivity index (χ1v) is 10.0. The minimum absolute atomic E-state index is 0.0566. The minimum Gasteiger partial charge on any atom is -0.451 e. The summed E-state index contributed by atoms with van der Waals surface area (Å²) in [4.78, 5) is 49.9. The number of hydrogen-bond acceptors (Lipinski definition) is 5. The number of carbonyl (C=O) groups is 4. The largest absolute Gasteiger partial charge is 0.451 e. The molecular weight excluding hydrogens is 372 g/mol. The molecule has 1 aromatic rings. The smallest absolute Gasteiger partial charge is 0.326 e. The maximum atomic E-state index is 12.5. The number of fused-ring (bicyclic) bond motifs is 1. The predicted molar refractivity (Wildman–Crippen MR) is 106 cm³/mol. The van der Waals surface area contributed by atoms with E-state index >= 15 is 0 Å². The van der Waals surface area contributed by atoms with Crippen LogP contribution in [0, 0.1) is 0 Å².